The Hall–Kier alpha value is -2.69. The second-order valence-corrected chi connectivity index (χ2v) is 7.47. The molecule has 0 saturated carbocycles. The van der Waals surface area contributed by atoms with Crippen LogP contribution in [0.4, 0.5) is 0 Å². The molecule has 7 heteroatoms. The molecule has 1 aromatic carbocycles. The van der Waals surface area contributed by atoms with Crippen LogP contribution in [0, 0.1) is 11.3 Å². The average Bonchev–Trinajstić information content (AvgIpc) is 3.11. The zero-order valence-corrected chi connectivity index (χ0v) is 15.8. The van der Waals surface area contributed by atoms with Crippen molar-refractivity contribution in [3.05, 3.63) is 60.0 Å². The van der Waals surface area contributed by atoms with E-state index in [9.17, 15) is 0 Å². The van der Waals surface area contributed by atoms with Crippen molar-refractivity contribution in [1.29, 1.82) is 5.26 Å². The number of nitriles is 1. The Labute approximate surface area is 162 Å². The van der Waals surface area contributed by atoms with Crippen molar-refractivity contribution >= 4 is 11.8 Å². The van der Waals surface area contributed by atoms with Gasteiger partial charge in [-0.1, -0.05) is 30.7 Å². The van der Waals surface area contributed by atoms with Crippen LogP contribution < -0.4 is 0 Å². The topological polar surface area (TPSA) is 70.6 Å². The lowest BCUT2D eigenvalue weighted by atomic mass is 10.1. The number of nitrogens with zero attached hydrogens (tertiary/aromatic N) is 6. The van der Waals surface area contributed by atoms with Crippen LogP contribution in [0.15, 0.2) is 58.7 Å². The first-order valence-electron chi connectivity index (χ1n) is 9.10. The molecule has 0 N–H and O–H groups in total. The van der Waals surface area contributed by atoms with E-state index in [1.807, 2.05) is 30.3 Å². The molecule has 4 rings (SSSR count). The maximum atomic E-state index is 9.09. The van der Waals surface area contributed by atoms with E-state index in [-0.39, 0.29) is 0 Å². The largest absolute Gasteiger partial charge is 0.296 e. The van der Waals surface area contributed by atoms with E-state index in [1.165, 1.54) is 31.0 Å². The van der Waals surface area contributed by atoms with Crippen molar-refractivity contribution in [3.8, 4) is 11.8 Å². The Balaban J connectivity index is 1.67. The van der Waals surface area contributed by atoms with E-state index < -0.39 is 0 Å². The normalized spacial score (nSPS) is 14.8. The highest BCUT2D eigenvalue weighted by Crippen LogP contribution is 2.28. The van der Waals surface area contributed by atoms with E-state index in [2.05, 4.69) is 42.9 Å². The van der Waals surface area contributed by atoms with Crippen molar-refractivity contribution in [2.75, 3.05) is 13.1 Å². The van der Waals surface area contributed by atoms with Crippen LogP contribution in [-0.4, -0.2) is 37.7 Å². The Morgan fingerprint density at radius 3 is 2.56 bits per heavy atom. The first-order chi connectivity index (χ1) is 13.3. The van der Waals surface area contributed by atoms with Gasteiger partial charge in [-0.25, -0.2) is 4.98 Å². The minimum atomic E-state index is 0.402. The SMILES string of the molecule is N#Cc1cccc(Sc2nnc(CN3CCCCC3)n2-c2ccccc2)n1. The zero-order valence-electron chi connectivity index (χ0n) is 15.0. The highest BCUT2D eigenvalue weighted by atomic mass is 32.2. The molecular formula is C20H20N6S. The van der Waals surface area contributed by atoms with E-state index in [0.29, 0.717) is 5.69 Å². The molecule has 2 aromatic heterocycles. The molecule has 3 heterocycles. The summed E-state index contributed by atoms with van der Waals surface area (Å²) < 4.78 is 2.10. The van der Waals surface area contributed by atoms with Crippen molar-refractivity contribution in [2.45, 2.75) is 36.0 Å². The Kier molecular flexibility index (Phi) is 5.47. The summed E-state index contributed by atoms with van der Waals surface area (Å²) in [6.07, 6.45) is 3.79. The van der Waals surface area contributed by atoms with Crippen molar-refractivity contribution in [3.63, 3.8) is 0 Å². The molecule has 0 bridgehead atoms. The second-order valence-electron chi connectivity index (χ2n) is 6.48. The molecule has 0 atom stereocenters. The van der Waals surface area contributed by atoms with Crippen LogP contribution in [0.2, 0.25) is 0 Å². The molecule has 0 radical (unpaired) electrons. The Morgan fingerprint density at radius 2 is 1.78 bits per heavy atom. The summed E-state index contributed by atoms with van der Waals surface area (Å²) in [6.45, 7) is 3.00. The van der Waals surface area contributed by atoms with Crippen LogP contribution in [0.3, 0.4) is 0 Å². The van der Waals surface area contributed by atoms with Gasteiger partial charge in [0, 0.05) is 5.69 Å². The summed E-state index contributed by atoms with van der Waals surface area (Å²) in [5.41, 5.74) is 1.44. The summed E-state index contributed by atoms with van der Waals surface area (Å²) in [5, 5.41) is 19.5. The van der Waals surface area contributed by atoms with Gasteiger partial charge in [-0.2, -0.15) is 5.26 Å². The number of rotatable bonds is 5. The van der Waals surface area contributed by atoms with Crippen LogP contribution in [0.25, 0.3) is 5.69 Å². The highest BCUT2D eigenvalue weighted by Gasteiger charge is 2.19. The molecule has 1 fully saturated rings. The van der Waals surface area contributed by atoms with Gasteiger partial charge in [0.2, 0.25) is 5.16 Å². The number of hydrogen-bond acceptors (Lipinski definition) is 6. The molecule has 1 aliphatic rings. The van der Waals surface area contributed by atoms with Crippen LogP contribution in [0.5, 0.6) is 0 Å². The first-order valence-corrected chi connectivity index (χ1v) is 9.92. The fourth-order valence-electron chi connectivity index (χ4n) is 3.25. The van der Waals surface area contributed by atoms with E-state index in [0.717, 1.165) is 41.3 Å². The Bertz CT molecular complexity index is 941. The number of aromatic nitrogens is 4. The summed E-state index contributed by atoms with van der Waals surface area (Å²) in [5.74, 6) is 0.932. The zero-order chi connectivity index (χ0) is 18.5. The van der Waals surface area contributed by atoms with Crippen molar-refractivity contribution in [1.82, 2.24) is 24.6 Å². The van der Waals surface area contributed by atoms with E-state index in [1.54, 1.807) is 6.07 Å². The third-order valence-electron chi connectivity index (χ3n) is 4.56. The Morgan fingerprint density at radius 1 is 0.963 bits per heavy atom. The van der Waals surface area contributed by atoms with Crippen LogP contribution in [0.1, 0.15) is 30.8 Å². The van der Waals surface area contributed by atoms with Gasteiger partial charge in [-0.15, -0.1) is 10.2 Å². The van der Waals surface area contributed by atoms with Gasteiger partial charge in [0.15, 0.2) is 5.82 Å². The second kappa shape index (κ2) is 8.33. The van der Waals surface area contributed by atoms with E-state index >= 15 is 0 Å². The van der Waals surface area contributed by atoms with Crippen molar-refractivity contribution in [2.24, 2.45) is 0 Å². The molecule has 1 saturated heterocycles. The third-order valence-corrected chi connectivity index (χ3v) is 5.45. The molecule has 27 heavy (non-hydrogen) atoms. The first kappa shape index (κ1) is 17.7. The van der Waals surface area contributed by atoms with Crippen molar-refractivity contribution < 1.29 is 0 Å². The summed E-state index contributed by atoms with van der Waals surface area (Å²) in [4.78, 5) is 6.80. The highest BCUT2D eigenvalue weighted by molar-refractivity contribution is 7.99. The average molecular weight is 376 g/mol. The molecule has 136 valence electrons. The van der Waals surface area contributed by atoms with Gasteiger partial charge in [-0.05, 0) is 62.0 Å². The molecule has 6 nitrogen and oxygen atoms in total. The predicted octanol–water partition coefficient (Wildman–Crippen LogP) is 3.67. The van der Waals surface area contributed by atoms with Gasteiger partial charge in [-0.3, -0.25) is 9.47 Å². The number of piperidine rings is 1. The minimum absolute atomic E-state index is 0.402. The lowest BCUT2D eigenvalue weighted by Gasteiger charge is -2.26. The number of likely N-dealkylation sites (tertiary alicyclic amines) is 1. The van der Waals surface area contributed by atoms with E-state index in [4.69, 9.17) is 5.26 Å². The number of hydrogen-bond donors (Lipinski definition) is 0. The molecule has 3 aromatic rings. The lowest BCUT2D eigenvalue weighted by Crippen LogP contribution is -2.30. The quantitative estimate of drug-likeness (QED) is 0.677. The lowest BCUT2D eigenvalue weighted by molar-refractivity contribution is 0.214. The van der Waals surface area contributed by atoms with Gasteiger partial charge in [0.05, 0.1) is 6.54 Å². The number of pyridine rings is 1. The number of para-hydroxylation sites is 1. The summed E-state index contributed by atoms with van der Waals surface area (Å²) in [7, 11) is 0. The fraction of sp³-hybridized carbons (Fsp3) is 0.300. The molecule has 1 aliphatic heterocycles. The molecule has 0 unspecified atom stereocenters. The minimum Gasteiger partial charge on any atom is -0.296 e. The van der Waals surface area contributed by atoms with Crippen LogP contribution >= 0.6 is 11.8 Å². The smallest absolute Gasteiger partial charge is 0.202 e. The third kappa shape index (κ3) is 4.18. The predicted molar refractivity (Wildman–Crippen MR) is 104 cm³/mol. The maximum absolute atomic E-state index is 9.09. The summed E-state index contributed by atoms with van der Waals surface area (Å²) >= 11 is 1.43. The van der Waals surface area contributed by atoms with Gasteiger partial charge in [0.25, 0.3) is 0 Å². The molecular weight excluding hydrogens is 356 g/mol. The van der Waals surface area contributed by atoms with Crippen LogP contribution in [-0.2, 0) is 6.54 Å². The molecule has 0 aliphatic carbocycles. The van der Waals surface area contributed by atoms with Gasteiger partial charge < -0.3 is 0 Å². The molecule has 0 spiro atoms. The number of benzene rings is 1. The monoisotopic (exact) mass is 376 g/mol. The maximum Gasteiger partial charge on any atom is 0.202 e. The summed E-state index contributed by atoms with van der Waals surface area (Å²) in [6, 6.07) is 17.7. The fourth-order valence-corrected chi connectivity index (χ4v) is 4.11. The standard InChI is InChI=1S/C20H20N6S/c21-14-16-8-7-11-19(22-16)27-20-24-23-18(15-25-12-5-2-6-13-25)26(20)17-9-3-1-4-10-17/h1,3-4,7-11H,2,5-6,12-13,15H2. The van der Waals surface area contributed by atoms with Gasteiger partial charge in [0.1, 0.15) is 16.8 Å². The van der Waals surface area contributed by atoms with Gasteiger partial charge >= 0.3 is 0 Å². The molecule has 0 amide bonds.